The summed E-state index contributed by atoms with van der Waals surface area (Å²) in [4.78, 5) is 17.8. The molecule has 1 aromatic heterocycles. The second-order valence-electron chi connectivity index (χ2n) is 9.01. The lowest BCUT2D eigenvalue weighted by molar-refractivity contribution is 0.105. The summed E-state index contributed by atoms with van der Waals surface area (Å²) in [6.45, 7) is 11.0. The number of anilines is 1. The van der Waals surface area contributed by atoms with Gasteiger partial charge in [0.1, 0.15) is 11.9 Å². The zero-order valence-corrected chi connectivity index (χ0v) is 19.0. The van der Waals surface area contributed by atoms with E-state index in [0.717, 1.165) is 5.69 Å². The Morgan fingerprint density at radius 3 is 2.66 bits per heavy atom. The molecule has 158 valence electrons. The Hall–Kier alpha value is -2.23. The minimum atomic E-state index is -0.767. The average molecular weight is 421 g/mol. The lowest BCUT2D eigenvalue weighted by Gasteiger charge is -2.28. The first-order valence-corrected chi connectivity index (χ1v) is 11.0. The van der Waals surface area contributed by atoms with Crippen LogP contribution in [0, 0.1) is 5.82 Å². The van der Waals surface area contributed by atoms with E-state index in [4.69, 9.17) is 14.9 Å². The summed E-state index contributed by atoms with van der Waals surface area (Å²) in [6, 6.07) is 4.63. The number of nitrogens with zero attached hydrogens (tertiary/aromatic N) is 3. The Kier molecular flexibility index (Phi) is 5.84. The largest absolute Gasteiger partial charge is 0.443 e. The number of carbonyl (C=O) groups excluding carboxylic acids is 1. The zero-order chi connectivity index (χ0) is 21.4. The third-order valence-corrected chi connectivity index (χ3v) is 6.46. The van der Waals surface area contributed by atoms with E-state index in [1.54, 1.807) is 29.2 Å². The predicted molar refractivity (Wildman–Crippen MR) is 113 cm³/mol. The number of benzene rings is 1. The van der Waals surface area contributed by atoms with Gasteiger partial charge in [0.15, 0.2) is 9.76 Å². The van der Waals surface area contributed by atoms with Crippen LogP contribution in [0.1, 0.15) is 40.3 Å². The van der Waals surface area contributed by atoms with Gasteiger partial charge < -0.3 is 19.5 Å². The van der Waals surface area contributed by atoms with Gasteiger partial charge in [-0.05, 0) is 37.1 Å². The Balaban J connectivity index is 1.79. The van der Waals surface area contributed by atoms with E-state index in [2.05, 4.69) is 25.8 Å². The van der Waals surface area contributed by atoms with E-state index >= 15 is 0 Å². The highest BCUT2D eigenvalue weighted by Gasteiger charge is 2.32. The van der Waals surface area contributed by atoms with Crippen LogP contribution >= 0.6 is 0 Å². The number of cyclic esters (lactones) is 1. The molecule has 29 heavy (non-hydrogen) atoms. The van der Waals surface area contributed by atoms with Crippen LogP contribution in [-0.4, -0.2) is 44.6 Å². The quantitative estimate of drug-likeness (QED) is 0.727. The van der Waals surface area contributed by atoms with Gasteiger partial charge in [-0.15, -0.1) is 0 Å². The molecular weight excluding hydrogens is 391 g/mol. The minimum Gasteiger partial charge on any atom is -0.443 e. The third kappa shape index (κ3) is 4.85. The highest BCUT2D eigenvalue weighted by Crippen LogP contribution is 2.30. The summed E-state index contributed by atoms with van der Waals surface area (Å²) in [6.07, 6.45) is 2.47. The summed E-state index contributed by atoms with van der Waals surface area (Å²) < 4.78 is 27.8. The lowest BCUT2D eigenvalue weighted by Crippen LogP contribution is -2.28. The molecule has 2 heterocycles. The standard InChI is InChI=1S/C20H29FN4O3Si/c1-19(2,3)29-28-20(4,5)17-11-24(12-23-17)16-7-6-13(8-15(16)21)25-10-14(9-22)27-18(25)26/h6-8,11-12,14H,9-10,22,29H2,1-5H3. The molecular formula is C20H29FN4O3Si. The second-order valence-corrected chi connectivity index (χ2v) is 11.7. The van der Waals surface area contributed by atoms with Crippen LogP contribution in [0.2, 0.25) is 5.04 Å². The monoisotopic (exact) mass is 420 g/mol. The summed E-state index contributed by atoms with van der Waals surface area (Å²) in [5, 5.41) is 0.168. The smallest absolute Gasteiger partial charge is 0.414 e. The summed E-state index contributed by atoms with van der Waals surface area (Å²) in [5.41, 5.74) is 6.54. The molecule has 0 spiro atoms. The molecule has 1 aliphatic rings. The van der Waals surface area contributed by atoms with Gasteiger partial charge in [0.2, 0.25) is 0 Å². The van der Waals surface area contributed by atoms with Crippen molar-refractivity contribution in [2.75, 3.05) is 18.0 Å². The van der Waals surface area contributed by atoms with Crippen LogP contribution in [0.3, 0.4) is 0 Å². The molecule has 2 aromatic rings. The van der Waals surface area contributed by atoms with Crippen LogP contribution in [-0.2, 0) is 14.8 Å². The van der Waals surface area contributed by atoms with Gasteiger partial charge in [-0.1, -0.05) is 20.8 Å². The van der Waals surface area contributed by atoms with Gasteiger partial charge in [0.05, 0.1) is 35.5 Å². The topological polar surface area (TPSA) is 82.6 Å². The fraction of sp³-hybridized carbons (Fsp3) is 0.500. The molecule has 1 fully saturated rings. The summed E-state index contributed by atoms with van der Waals surface area (Å²) >= 11 is 0. The molecule has 1 unspecified atom stereocenters. The number of imidazole rings is 1. The first-order valence-electron chi connectivity index (χ1n) is 9.67. The number of hydrogen-bond acceptors (Lipinski definition) is 5. The van der Waals surface area contributed by atoms with E-state index in [0.29, 0.717) is 17.9 Å². The van der Waals surface area contributed by atoms with Gasteiger partial charge in [0, 0.05) is 12.7 Å². The maximum absolute atomic E-state index is 14.8. The average Bonchev–Trinajstić information content (AvgIpc) is 3.27. The van der Waals surface area contributed by atoms with Crippen LogP contribution < -0.4 is 10.6 Å². The Morgan fingerprint density at radius 1 is 1.34 bits per heavy atom. The molecule has 1 aromatic carbocycles. The van der Waals surface area contributed by atoms with Gasteiger partial charge >= 0.3 is 6.09 Å². The van der Waals surface area contributed by atoms with Gasteiger partial charge in [0.25, 0.3) is 0 Å². The second kappa shape index (κ2) is 7.89. The number of ether oxygens (including phenoxy) is 1. The lowest BCUT2D eigenvalue weighted by atomic mass is 10.1. The van der Waals surface area contributed by atoms with Crippen LogP contribution in [0.5, 0.6) is 0 Å². The number of amides is 1. The molecule has 9 heteroatoms. The normalized spacial score (nSPS) is 18.1. The van der Waals surface area contributed by atoms with Crippen molar-refractivity contribution in [3.8, 4) is 5.69 Å². The van der Waals surface area contributed by atoms with Crippen molar-refractivity contribution in [3.05, 3.63) is 42.2 Å². The molecule has 0 bridgehead atoms. The first kappa shape index (κ1) is 21.5. The van der Waals surface area contributed by atoms with Crippen molar-refractivity contribution in [2.24, 2.45) is 5.73 Å². The predicted octanol–water partition coefficient (Wildman–Crippen LogP) is 2.85. The summed E-state index contributed by atoms with van der Waals surface area (Å²) in [5.74, 6) is -0.460. The van der Waals surface area contributed by atoms with E-state index in [1.165, 1.54) is 11.0 Å². The van der Waals surface area contributed by atoms with E-state index in [1.807, 2.05) is 13.8 Å². The van der Waals surface area contributed by atoms with Crippen molar-refractivity contribution >= 4 is 21.5 Å². The van der Waals surface area contributed by atoms with Gasteiger partial charge in [-0.25, -0.2) is 14.2 Å². The van der Waals surface area contributed by atoms with E-state index < -0.39 is 27.3 Å². The molecule has 1 atom stereocenters. The van der Waals surface area contributed by atoms with E-state index in [-0.39, 0.29) is 17.7 Å². The Morgan fingerprint density at radius 2 is 2.07 bits per heavy atom. The maximum atomic E-state index is 14.8. The van der Waals surface area contributed by atoms with Crippen LogP contribution in [0.4, 0.5) is 14.9 Å². The van der Waals surface area contributed by atoms with Gasteiger partial charge in [-0.3, -0.25) is 4.90 Å². The number of hydrogen-bond donors (Lipinski definition) is 1. The highest BCUT2D eigenvalue weighted by atomic mass is 28.2. The Labute approximate surface area is 172 Å². The molecule has 1 aliphatic heterocycles. The molecule has 7 nitrogen and oxygen atoms in total. The van der Waals surface area contributed by atoms with Crippen LogP contribution in [0.15, 0.2) is 30.7 Å². The van der Waals surface area contributed by atoms with Crippen molar-refractivity contribution in [1.82, 2.24) is 9.55 Å². The maximum Gasteiger partial charge on any atom is 0.414 e. The SMILES string of the molecule is CC(C)(C)[SiH2]OC(C)(C)c1cn(-c2ccc(N3CC(CN)OC3=O)cc2F)cn1. The fourth-order valence-electron chi connectivity index (χ4n) is 2.96. The zero-order valence-electron chi connectivity index (χ0n) is 17.6. The Bertz CT molecular complexity index is 894. The first-order chi connectivity index (χ1) is 13.5. The molecule has 1 amide bonds. The third-order valence-electron chi connectivity index (χ3n) is 4.72. The molecule has 0 radical (unpaired) electrons. The van der Waals surface area contributed by atoms with Crippen molar-refractivity contribution in [2.45, 2.75) is 51.4 Å². The van der Waals surface area contributed by atoms with Crippen molar-refractivity contribution < 1.29 is 18.3 Å². The number of halogens is 1. The highest BCUT2D eigenvalue weighted by molar-refractivity contribution is 6.31. The fourth-order valence-corrected chi connectivity index (χ4v) is 3.91. The minimum absolute atomic E-state index is 0.168. The number of aromatic nitrogens is 2. The van der Waals surface area contributed by atoms with Crippen molar-refractivity contribution in [1.29, 1.82) is 0 Å². The van der Waals surface area contributed by atoms with E-state index in [9.17, 15) is 9.18 Å². The number of carbonyl (C=O) groups is 1. The van der Waals surface area contributed by atoms with Crippen molar-refractivity contribution in [3.63, 3.8) is 0 Å². The van der Waals surface area contributed by atoms with Gasteiger partial charge in [-0.2, -0.15) is 0 Å². The molecule has 0 saturated carbocycles. The molecule has 2 N–H and O–H groups in total. The number of rotatable bonds is 6. The molecule has 1 saturated heterocycles. The summed E-state index contributed by atoms with van der Waals surface area (Å²) in [7, 11) is -0.767. The van der Waals surface area contributed by atoms with Crippen LogP contribution in [0.25, 0.3) is 5.69 Å². The molecule has 3 rings (SSSR count). The number of nitrogens with two attached hydrogens (primary N) is 1. The molecule has 0 aliphatic carbocycles.